The topological polar surface area (TPSA) is 71.3 Å². The number of rotatable bonds is 2. The van der Waals surface area contributed by atoms with Crippen molar-refractivity contribution >= 4 is 0 Å². The van der Waals surface area contributed by atoms with Crippen LogP contribution in [0.1, 0.15) is 171 Å². The zero-order valence-electron chi connectivity index (χ0n) is 37.6. The smallest absolute Gasteiger partial charge is 0.125 e. The minimum absolute atomic E-state index is 0.123. The number of benzene rings is 4. The van der Waals surface area contributed by atoms with Crippen molar-refractivity contribution in [3.8, 4) is 23.0 Å². The van der Waals surface area contributed by atoms with Crippen molar-refractivity contribution < 1.29 is 39.9 Å². The molecule has 1 aliphatic carbocycles. The Hall–Kier alpha value is -3.41. The van der Waals surface area contributed by atoms with Crippen LogP contribution in [0.3, 0.4) is 0 Å². The molecular weight excluding hydrogens is 726 g/mol. The van der Waals surface area contributed by atoms with Gasteiger partial charge in [0, 0.05) is 25.7 Å². The summed E-state index contributed by atoms with van der Waals surface area (Å²) in [6.45, 7) is 33.0. The van der Waals surface area contributed by atoms with Gasteiger partial charge in [0.05, 0.1) is 14.2 Å². The van der Waals surface area contributed by atoms with E-state index in [0.29, 0.717) is 37.2 Å². The maximum Gasteiger partial charge on any atom is 0.125 e. The fourth-order valence-electron chi connectivity index (χ4n) is 7.17. The predicted octanol–water partition coefficient (Wildman–Crippen LogP) is 12.5. The Bertz CT molecular complexity index is 1840. The number of fused-ring (bicyclic) bond motifs is 8. The number of hydrogen-bond donors (Lipinski definition) is 2. The number of nitrogens with zero attached hydrogens (tertiary/aromatic N) is 1. The van der Waals surface area contributed by atoms with Gasteiger partial charge in [0.25, 0.3) is 0 Å². The molecule has 6 heteroatoms. The zero-order valence-corrected chi connectivity index (χ0v) is 39.2. The standard InChI is InChI=1S/C46H60O4.C4H9N.Ti/c1-43(2,3)35-19-27-15-31-23-37(45(7,8)9)25-33(41(31)49-13)17-29-21-36(44(4,5)6)22-30(40(29)48)18-34-26-38(46(10,11)12)24-32(42(34)50-14)16-28(20-35)39(27)47;1-4(2,3)5;/h19-26,47-48H,15-18H2,1-14H3;1-3H3;. The van der Waals surface area contributed by atoms with Gasteiger partial charge in [-0.05, 0) is 88.4 Å². The Morgan fingerprint density at radius 1 is 0.411 bits per heavy atom. The van der Waals surface area contributed by atoms with Crippen LogP contribution in [0, 0.1) is 0 Å². The molecule has 0 atom stereocenters. The van der Waals surface area contributed by atoms with Gasteiger partial charge in [0.15, 0.2) is 0 Å². The molecule has 2 N–H and O–H groups in total. The number of methoxy groups -OCH3 is 2. The van der Waals surface area contributed by atoms with Crippen LogP contribution < -0.4 is 9.47 Å². The molecule has 0 amide bonds. The molecule has 0 fully saturated rings. The van der Waals surface area contributed by atoms with Crippen molar-refractivity contribution in [1.82, 2.24) is 0 Å². The molecule has 56 heavy (non-hydrogen) atoms. The summed E-state index contributed by atoms with van der Waals surface area (Å²) in [6, 6.07) is 17.7. The number of phenolic OH excluding ortho intramolecular Hbond substituents is 2. The van der Waals surface area contributed by atoms with Gasteiger partial charge in [-0.25, -0.2) is 0 Å². The molecule has 0 saturated heterocycles. The molecule has 5 nitrogen and oxygen atoms in total. The maximum atomic E-state index is 12.1. The molecule has 0 spiro atoms. The predicted molar refractivity (Wildman–Crippen MR) is 230 cm³/mol. The molecule has 0 heterocycles. The van der Waals surface area contributed by atoms with E-state index in [9.17, 15) is 10.2 Å². The zero-order chi connectivity index (χ0) is 42.3. The SMILES string of the molecule is CC(C)(C)[N]=[Ti].COc1c2cc(C(C)(C)C)cc1Cc1cc(C(C)(C)C)cc(c1O)Cc1cc(C(C)(C)C)cc(c1OC)Cc1cc(C(C)(C)C)cc(c1O)C2. The molecule has 0 aliphatic heterocycles. The summed E-state index contributed by atoms with van der Waals surface area (Å²) >= 11 is 1.83. The van der Waals surface area contributed by atoms with E-state index < -0.39 is 0 Å². The summed E-state index contributed by atoms with van der Waals surface area (Å²) < 4.78 is 16.5. The summed E-state index contributed by atoms with van der Waals surface area (Å²) in [5, 5.41) is 24.3. The van der Waals surface area contributed by atoms with Crippen LogP contribution in [0.5, 0.6) is 23.0 Å². The van der Waals surface area contributed by atoms with E-state index in [1.54, 1.807) is 14.2 Å². The van der Waals surface area contributed by atoms with Gasteiger partial charge in [-0.2, -0.15) is 0 Å². The Balaban J connectivity index is 0.00000107. The van der Waals surface area contributed by atoms with E-state index >= 15 is 0 Å². The molecule has 4 aromatic carbocycles. The molecule has 302 valence electrons. The minimum Gasteiger partial charge on any atom is -0.507 e. The fraction of sp³-hybridized carbons (Fsp3) is 0.520. The first-order valence-electron chi connectivity index (χ1n) is 20.1. The van der Waals surface area contributed by atoms with Crippen molar-refractivity contribution in [1.29, 1.82) is 0 Å². The molecule has 5 rings (SSSR count). The number of phenols is 2. The quantitative estimate of drug-likeness (QED) is 0.175. The van der Waals surface area contributed by atoms with E-state index in [4.69, 9.17) is 9.47 Å². The average molecular weight is 796 g/mol. The van der Waals surface area contributed by atoms with E-state index in [1.165, 1.54) is 22.3 Å². The van der Waals surface area contributed by atoms with Crippen LogP contribution >= 0.6 is 0 Å². The van der Waals surface area contributed by atoms with Gasteiger partial charge in [-0.1, -0.05) is 132 Å². The Morgan fingerprint density at radius 3 is 0.732 bits per heavy atom. The van der Waals surface area contributed by atoms with E-state index in [0.717, 1.165) is 56.0 Å². The second-order valence-electron chi connectivity index (χ2n) is 20.9. The molecule has 0 saturated carbocycles. The third kappa shape index (κ3) is 10.7. The second kappa shape index (κ2) is 16.5. The fourth-order valence-corrected chi connectivity index (χ4v) is 7.17. The third-order valence-corrected chi connectivity index (χ3v) is 11.8. The second-order valence-corrected chi connectivity index (χ2v) is 21.3. The summed E-state index contributed by atoms with van der Waals surface area (Å²) in [4.78, 5) is 0. The van der Waals surface area contributed by atoms with Gasteiger partial charge in [0.1, 0.15) is 23.0 Å². The molecule has 0 aromatic heterocycles. The summed E-state index contributed by atoms with van der Waals surface area (Å²) in [7, 11) is 3.47. The minimum atomic E-state index is -0.131. The third-order valence-electron chi connectivity index (χ3n) is 10.8. The largest absolute Gasteiger partial charge is 0.507 e. The van der Waals surface area contributed by atoms with Gasteiger partial charge >= 0.3 is 50.0 Å². The number of aromatic hydroxyl groups is 2. The summed E-state index contributed by atoms with van der Waals surface area (Å²) in [6.07, 6.45) is 2.03. The van der Waals surface area contributed by atoms with Crippen LogP contribution in [0.4, 0.5) is 0 Å². The van der Waals surface area contributed by atoms with Gasteiger partial charge < -0.3 is 19.7 Å². The Kier molecular flexibility index (Phi) is 13.3. The average Bonchev–Trinajstić information content (AvgIpc) is 3.05. The Labute approximate surface area is 350 Å². The van der Waals surface area contributed by atoms with Gasteiger partial charge in [-0.3, -0.25) is 0 Å². The molecule has 4 aromatic rings. The number of ether oxygens (including phenoxy) is 2. The summed E-state index contributed by atoms with van der Waals surface area (Å²) in [5.41, 5.74) is 12.0. The van der Waals surface area contributed by atoms with Crippen LogP contribution in [0.25, 0.3) is 0 Å². The van der Waals surface area contributed by atoms with Gasteiger partial charge in [0.2, 0.25) is 0 Å². The van der Waals surface area contributed by atoms with Crippen molar-refractivity contribution in [3.63, 3.8) is 0 Å². The molecule has 0 unspecified atom stereocenters. The van der Waals surface area contributed by atoms with Crippen LogP contribution in [0.15, 0.2) is 51.9 Å². The molecule has 8 bridgehead atoms. The molecule has 0 radical (unpaired) electrons. The van der Waals surface area contributed by atoms with Gasteiger partial charge in [-0.15, -0.1) is 0 Å². The first kappa shape index (κ1) is 45.3. The van der Waals surface area contributed by atoms with Crippen LogP contribution in [-0.4, -0.2) is 30.0 Å². The molecular formula is C50H69NO4Ti. The van der Waals surface area contributed by atoms with Crippen LogP contribution in [0.2, 0.25) is 0 Å². The summed E-state index contributed by atoms with van der Waals surface area (Å²) in [5.74, 6) is 2.24. The van der Waals surface area contributed by atoms with Crippen molar-refractivity contribution in [3.05, 3.63) is 115 Å². The van der Waals surface area contributed by atoms with Crippen LogP contribution in [-0.2, 0) is 67.6 Å². The first-order valence-corrected chi connectivity index (χ1v) is 20.8. The Morgan fingerprint density at radius 2 is 0.589 bits per heavy atom. The van der Waals surface area contributed by atoms with E-state index in [2.05, 4.69) is 156 Å². The van der Waals surface area contributed by atoms with Crippen molar-refractivity contribution in [2.45, 2.75) is 157 Å². The normalized spacial score (nSPS) is 13.7. The maximum absolute atomic E-state index is 12.1. The monoisotopic (exact) mass is 795 g/mol. The van der Waals surface area contributed by atoms with Crippen molar-refractivity contribution in [2.75, 3.05) is 14.2 Å². The van der Waals surface area contributed by atoms with E-state index in [-0.39, 0.29) is 27.2 Å². The first-order chi connectivity index (χ1) is 25.6. The van der Waals surface area contributed by atoms with E-state index in [1.807, 2.05) is 20.3 Å². The van der Waals surface area contributed by atoms with Crippen molar-refractivity contribution in [2.24, 2.45) is 3.42 Å². The number of hydrogen-bond acceptors (Lipinski definition) is 5. The molecule has 1 aliphatic rings.